The number of amides is 4. The third kappa shape index (κ3) is 6.37. The Morgan fingerprint density at radius 1 is 0.919 bits per heavy atom. The molecule has 0 aromatic heterocycles. The highest BCUT2D eigenvalue weighted by Gasteiger charge is 2.36. The van der Waals surface area contributed by atoms with E-state index in [-0.39, 0.29) is 5.57 Å². The largest absolute Gasteiger partial charge is 0.490 e. The molecule has 7 nitrogen and oxygen atoms in total. The fraction of sp³-hybridized carbons (Fsp3) is 0.207. The standard InChI is InChI=1S/C29H27ClN2O5/c1-3-19(2)21-7-13-24(14-8-21)36-15-16-37-25-6-4-5-20(17-25)18-26-27(33)31-29(35)32(28(26)34)23-11-9-22(30)10-12-23/h4-14,17-19H,3,15-16H2,1-2H3,(H,31,33,35)/b26-18+/t19-/m1/s1. The number of nitrogens with one attached hydrogen (secondary N) is 1. The van der Waals surface area contributed by atoms with Crippen LogP contribution in [0.3, 0.4) is 0 Å². The summed E-state index contributed by atoms with van der Waals surface area (Å²) in [6.07, 6.45) is 2.51. The number of carbonyl (C=O) groups is 3. The minimum absolute atomic E-state index is 0.170. The number of anilines is 1. The van der Waals surface area contributed by atoms with Gasteiger partial charge in [-0.25, -0.2) is 9.69 Å². The average Bonchev–Trinajstić information content (AvgIpc) is 2.90. The summed E-state index contributed by atoms with van der Waals surface area (Å²) in [7, 11) is 0. The Balaban J connectivity index is 1.39. The summed E-state index contributed by atoms with van der Waals surface area (Å²) in [5, 5.41) is 2.67. The van der Waals surface area contributed by atoms with Crippen LogP contribution in [0.15, 0.2) is 78.4 Å². The predicted octanol–water partition coefficient (Wildman–Crippen LogP) is 5.98. The SMILES string of the molecule is CC[C@@H](C)c1ccc(OCCOc2cccc(/C=C3\C(=O)NC(=O)N(c4ccc(Cl)cc4)C3=O)c2)cc1. The van der Waals surface area contributed by atoms with Gasteiger partial charge in [-0.2, -0.15) is 0 Å². The van der Waals surface area contributed by atoms with Crippen LogP contribution in [0.1, 0.15) is 37.3 Å². The van der Waals surface area contributed by atoms with E-state index in [1.54, 1.807) is 36.4 Å². The van der Waals surface area contributed by atoms with Gasteiger partial charge in [-0.3, -0.25) is 14.9 Å². The van der Waals surface area contributed by atoms with Gasteiger partial charge in [0.15, 0.2) is 0 Å². The van der Waals surface area contributed by atoms with Crippen molar-refractivity contribution in [1.29, 1.82) is 0 Å². The maximum Gasteiger partial charge on any atom is 0.335 e. The van der Waals surface area contributed by atoms with Crippen LogP contribution in [0.2, 0.25) is 5.02 Å². The summed E-state index contributed by atoms with van der Waals surface area (Å²) in [5.74, 6) is 0.347. The van der Waals surface area contributed by atoms with Crippen LogP contribution in [-0.2, 0) is 9.59 Å². The number of ether oxygens (including phenoxy) is 2. The van der Waals surface area contributed by atoms with E-state index in [4.69, 9.17) is 21.1 Å². The number of hydrogen-bond donors (Lipinski definition) is 1. The molecule has 1 aliphatic rings. The van der Waals surface area contributed by atoms with Crippen molar-refractivity contribution in [2.75, 3.05) is 18.1 Å². The zero-order chi connectivity index (χ0) is 26.4. The van der Waals surface area contributed by atoms with E-state index in [0.717, 1.165) is 17.1 Å². The quantitative estimate of drug-likeness (QED) is 0.214. The molecule has 3 aromatic carbocycles. The summed E-state index contributed by atoms with van der Waals surface area (Å²) in [4.78, 5) is 38.7. The first-order valence-electron chi connectivity index (χ1n) is 12.0. The van der Waals surface area contributed by atoms with Gasteiger partial charge in [0.05, 0.1) is 5.69 Å². The highest BCUT2D eigenvalue weighted by atomic mass is 35.5. The molecule has 0 saturated carbocycles. The molecule has 8 heteroatoms. The first kappa shape index (κ1) is 26.0. The highest BCUT2D eigenvalue weighted by molar-refractivity contribution is 6.39. The van der Waals surface area contributed by atoms with Crippen LogP contribution < -0.4 is 19.7 Å². The van der Waals surface area contributed by atoms with Gasteiger partial charge in [0, 0.05) is 5.02 Å². The molecular formula is C29H27ClN2O5. The van der Waals surface area contributed by atoms with E-state index >= 15 is 0 Å². The molecule has 4 rings (SSSR count). The molecule has 0 spiro atoms. The maximum absolute atomic E-state index is 13.0. The van der Waals surface area contributed by atoms with Gasteiger partial charge < -0.3 is 9.47 Å². The van der Waals surface area contributed by atoms with E-state index in [0.29, 0.717) is 41.2 Å². The van der Waals surface area contributed by atoms with E-state index in [2.05, 4.69) is 31.3 Å². The number of nitrogens with zero attached hydrogens (tertiary/aromatic N) is 1. The van der Waals surface area contributed by atoms with E-state index in [9.17, 15) is 14.4 Å². The van der Waals surface area contributed by atoms with E-state index in [1.165, 1.54) is 23.8 Å². The van der Waals surface area contributed by atoms with Gasteiger partial charge in [-0.05, 0) is 78.1 Å². The Hall–Kier alpha value is -4.10. The number of hydrogen-bond acceptors (Lipinski definition) is 5. The Morgan fingerprint density at radius 3 is 2.27 bits per heavy atom. The minimum Gasteiger partial charge on any atom is -0.490 e. The maximum atomic E-state index is 13.0. The number of barbiturate groups is 1. The summed E-state index contributed by atoms with van der Waals surface area (Å²) < 4.78 is 11.6. The van der Waals surface area contributed by atoms with Crippen LogP contribution in [0.5, 0.6) is 11.5 Å². The molecule has 3 aromatic rings. The zero-order valence-electron chi connectivity index (χ0n) is 20.6. The lowest BCUT2D eigenvalue weighted by Crippen LogP contribution is -2.54. The average molecular weight is 519 g/mol. The van der Waals surface area contributed by atoms with E-state index < -0.39 is 17.8 Å². The molecule has 1 heterocycles. The Labute approximate surface area is 220 Å². The molecule has 1 N–H and O–H groups in total. The van der Waals surface area contributed by atoms with Crippen molar-refractivity contribution in [1.82, 2.24) is 5.32 Å². The first-order valence-corrected chi connectivity index (χ1v) is 12.4. The number of imide groups is 2. The van der Waals surface area contributed by atoms with Gasteiger partial charge in [0.25, 0.3) is 11.8 Å². The lowest BCUT2D eigenvalue weighted by atomic mass is 9.99. The third-order valence-electron chi connectivity index (χ3n) is 6.04. The Morgan fingerprint density at radius 2 is 1.59 bits per heavy atom. The molecule has 0 bridgehead atoms. The molecule has 1 atom stereocenters. The molecule has 1 saturated heterocycles. The number of carbonyl (C=O) groups excluding carboxylic acids is 3. The highest BCUT2D eigenvalue weighted by Crippen LogP contribution is 2.25. The Bertz CT molecular complexity index is 1320. The number of benzene rings is 3. The van der Waals surface area contributed by atoms with Crippen molar-refractivity contribution in [2.24, 2.45) is 0 Å². The second-order valence-electron chi connectivity index (χ2n) is 8.58. The molecule has 1 fully saturated rings. The lowest BCUT2D eigenvalue weighted by Gasteiger charge is -2.26. The number of rotatable bonds is 9. The molecule has 1 aliphatic heterocycles. The second-order valence-corrected chi connectivity index (χ2v) is 9.02. The fourth-order valence-electron chi connectivity index (χ4n) is 3.79. The molecule has 0 radical (unpaired) electrons. The predicted molar refractivity (Wildman–Crippen MR) is 143 cm³/mol. The summed E-state index contributed by atoms with van der Waals surface area (Å²) >= 11 is 5.91. The molecule has 4 amide bonds. The van der Waals surface area contributed by atoms with Crippen molar-refractivity contribution in [3.05, 3.63) is 94.5 Å². The van der Waals surface area contributed by atoms with Gasteiger partial charge in [-0.15, -0.1) is 0 Å². The van der Waals surface area contributed by atoms with Crippen molar-refractivity contribution >= 4 is 41.2 Å². The molecule has 0 unspecified atom stereocenters. The van der Waals surface area contributed by atoms with Crippen LogP contribution in [0, 0.1) is 0 Å². The summed E-state index contributed by atoms with van der Waals surface area (Å²) in [6, 6.07) is 20.4. The Kier molecular flexibility index (Phi) is 8.25. The van der Waals surface area contributed by atoms with Crippen LogP contribution in [0.25, 0.3) is 6.08 Å². The topological polar surface area (TPSA) is 84.9 Å². The van der Waals surface area contributed by atoms with Gasteiger partial charge >= 0.3 is 6.03 Å². The van der Waals surface area contributed by atoms with Crippen LogP contribution in [0.4, 0.5) is 10.5 Å². The van der Waals surface area contributed by atoms with Crippen molar-refractivity contribution in [3.63, 3.8) is 0 Å². The molecule has 190 valence electrons. The molecule has 0 aliphatic carbocycles. The van der Waals surface area contributed by atoms with Crippen molar-refractivity contribution < 1.29 is 23.9 Å². The monoisotopic (exact) mass is 518 g/mol. The third-order valence-corrected chi connectivity index (χ3v) is 6.29. The second kappa shape index (κ2) is 11.8. The lowest BCUT2D eigenvalue weighted by molar-refractivity contribution is -0.122. The van der Waals surface area contributed by atoms with Gasteiger partial charge in [0.2, 0.25) is 0 Å². The number of halogens is 1. The number of urea groups is 1. The summed E-state index contributed by atoms with van der Waals surface area (Å²) in [5.41, 5.74) is 1.98. The first-order chi connectivity index (χ1) is 17.9. The molecule has 37 heavy (non-hydrogen) atoms. The zero-order valence-corrected chi connectivity index (χ0v) is 21.3. The minimum atomic E-state index is -0.818. The van der Waals surface area contributed by atoms with Crippen LogP contribution >= 0.6 is 11.6 Å². The van der Waals surface area contributed by atoms with Crippen molar-refractivity contribution in [2.45, 2.75) is 26.2 Å². The molecular weight excluding hydrogens is 492 g/mol. The van der Waals surface area contributed by atoms with Crippen molar-refractivity contribution in [3.8, 4) is 11.5 Å². The summed E-state index contributed by atoms with van der Waals surface area (Å²) in [6.45, 7) is 5.02. The van der Waals surface area contributed by atoms with E-state index in [1.807, 2.05) is 12.1 Å². The van der Waals surface area contributed by atoms with Gasteiger partial charge in [-0.1, -0.05) is 49.7 Å². The smallest absolute Gasteiger partial charge is 0.335 e. The van der Waals surface area contributed by atoms with Crippen LogP contribution in [-0.4, -0.2) is 31.1 Å². The normalized spacial score (nSPS) is 15.5. The fourth-order valence-corrected chi connectivity index (χ4v) is 3.92. The van der Waals surface area contributed by atoms with Gasteiger partial charge in [0.1, 0.15) is 30.3 Å².